The van der Waals surface area contributed by atoms with Crippen LogP contribution in [0.15, 0.2) is 0 Å². The van der Waals surface area contributed by atoms with Crippen LogP contribution in [0.5, 0.6) is 0 Å². The minimum Gasteiger partial charge on any atom is -0.370 e. The molecule has 0 aliphatic heterocycles. The molecule has 0 radical (unpaired) electrons. The fourth-order valence-electron chi connectivity index (χ4n) is 2.95. The van der Waals surface area contributed by atoms with Crippen molar-refractivity contribution in [2.24, 2.45) is 5.73 Å². The Morgan fingerprint density at radius 1 is 0.667 bits per heavy atom. The van der Waals surface area contributed by atoms with Crippen molar-refractivity contribution in [1.82, 2.24) is 5.48 Å². The molecule has 0 bridgehead atoms. The number of carbonyl (C=O) groups is 1. The molecule has 1 amide bonds. The van der Waals surface area contributed by atoms with Gasteiger partial charge in [0.25, 0.3) is 0 Å². The molecule has 3 N–H and O–H groups in total. The van der Waals surface area contributed by atoms with Gasteiger partial charge in [-0.05, 0) is 12.8 Å². The second-order valence-electron chi connectivity index (χ2n) is 7.51. The molecule has 0 atom stereocenters. The first-order chi connectivity index (χ1) is 13.2. The van der Waals surface area contributed by atoms with Crippen LogP contribution in [0.2, 0.25) is 0 Å². The highest BCUT2D eigenvalue weighted by molar-refractivity contribution is 5.73. The summed E-state index contributed by atoms with van der Waals surface area (Å²) in [5, 5.41) is 0. The predicted octanol–water partition coefficient (Wildman–Crippen LogP) is 6.67. The number of rotatable bonds is 20. The Labute approximate surface area is 170 Å². The van der Waals surface area contributed by atoms with Crippen molar-refractivity contribution in [2.45, 2.75) is 130 Å². The number of hydrogen-bond acceptors (Lipinski definition) is 3. The fraction of sp³-hybridized carbons (Fsp3) is 0.957. The van der Waals surface area contributed by atoms with Crippen LogP contribution in [0.3, 0.4) is 0 Å². The average molecular weight is 387 g/mol. The van der Waals surface area contributed by atoms with E-state index in [1.165, 1.54) is 89.9 Å². The van der Waals surface area contributed by atoms with E-state index in [0.29, 0.717) is 6.42 Å². The number of nitrogens with one attached hydrogen (secondary N) is 1. The zero-order valence-electron chi connectivity index (χ0n) is 18.8. The number of amides is 1. The van der Waals surface area contributed by atoms with E-state index in [2.05, 4.69) is 19.3 Å². The quantitative estimate of drug-likeness (QED) is 0.181. The summed E-state index contributed by atoms with van der Waals surface area (Å²) in [7, 11) is 0. The smallest absolute Gasteiger partial charge is 0.217 e. The molecule has 0 heterocycles. The van der Waals surface area contributed by atoms with Crippen LogP contribution in [0.1, 0.15) is 130 Å². The van der Waals surface area contributed by atoms with E-state index in [-0.39, 0.29) is 5.91 Å². The summed E-state index contributed by atoms with van der Waals surface area (Å²) in [6, 6.07) is 0. The molecule has 0 rings (SSSR count). The van der Waals surface area contributed by atoms with Crippen molar-refractivity contribution < 1.29 is 9.63 Å². The van der Waals surface area contributed by atoms with Crippen molar-refractivity contribution in [1.29, 1.82) is 0 Å². The normalized spacial score (nSPS) is 10.5. The minimum absolute atomic E-state index is 0.153. The molecule has 0 aliphatic carbocycles. The molecule has 164 valence electrons. The fourth-order valence-corrected chi connectivity index (χ4v) is 2.95. The Hall–Kier alpha value is -0.610. The molecular weight excluding hydrogens is 336 g/mol. The Bertz CT molecular complexity index is 269. The van der Waals surface area contributed by atoms with Crippen LogP contribution >= 0.6 is 0 Å². The van der Waals surface area contributed by atoms with E-state index in [9.17, 15) is 4.79 Å². The minimum atomic E-state index is -0.153. The molecule has 0 saturated heterocycles. The summed E-state index contributed by atoms with van der Waals surface area (Å²) in [4.78, 5) is 15.4. The lowest BCUT2D eigenvalue weighted by Crippen LogP contribution is -2.13. The summed E-state index contributed by atoms with van der Waals surface area (Å²) in [6.45, 7) is 8.07. The van der Waals surface area contributed by atoms with Crippen molar-refractivity contribution in [3.05, 3.63) is 0 Å². The van der Waals surface area contributed by atoms with Crippen molar-refractivity contribution in [3.63, 3.8) is 0 Å². The van der Waals surface area contributed by atoms with Crippen molar-refractivity contribution >= 4 is 5.91 Å². The van der Waals surface area contributed by atoms with Gasteiger partial charge in [0.2, 0.25) is 5.91 Å². The molecule has 4 nitrogen and oxygen atoms in total. The highest BCUT2D eigenvalue weighted by atomic mass is 16.6. The van der Waals surface area contributed by atoms with Gasteiger partial charge >= 0.3 is 0 Å². The van der Waals surface area contributed by atoms with E-state index < -0.39 is 0 Å². The van der Waals surface area contributed by atoms with Gasteiger partial charge in [0.15, 0.2) is 0 Å². The molecule has 0 aliphatic rings. The maximum absolute atomic E-state index is 10.6. The molecule has 0 aromatic heterocycles. The van der Waals surface area contributed by atoms with Crippen molar-refractivity contribution in [3.8, 4) is 0 Å². The summed E-state index contributed by atoms with van der Waals surface area (Å²) >= 11 is 0. The maximum atomic E-state index is 10.6. The Morgan fingerprint density at radius 3 is 1.41 bits per heavy atom. The lowest BCUT2D eigenvalue weighted by molar-refractivity contribution is -0.118. The number of carbonyl (C=O) groups excluding carboxylic acids is 1. The lowest BCUT2D eigenvalue weighted by Gasteiger charge is -2.03. The van der Waals surface area contributed by atoms with Gasteiger partial charge in [-0.2, -0.15) is 0 Å². The van der Waals surface area contributed by atoms with E-state index in [4.69, 9.17) is 10.6 Å². The van der Waals surface area contributed by atoms with Gasteiger partial charge in [0, 0.05) is 13.0 Å². The first-order valence-corrected chi connectivity index (χ1v) is 11.8. The molecular formula is C23H50N2O2. The predicted molar refractivity (Wildman–Crippen MR) is 119 cm³/mol. The number of unbranched alkanes of at least 4 members (excludes halogenated alkanes) is 14. The van der Waals surface area contributed by atoms with Gasteiger partial charge in [-0.3, -0.25) is 4.79 Å². The first-order valence-electron chi connectivity index (χ1n) is 11.8. The van der Waals surface area contributed by atoms with Crippen LogP contribution < -0.4 is 11.2 Å². The molecule has 0 unspecified atom stereocenters. The van der Waals surface area contributed by atoms with E-state index >= 15 is 0 Å². The van der Waals surface area contributed by atoms with Gasteiger partial charge in [-0.15, -0.1) is 0 Å². The van der Waals surface area contributed by atoms with E-state index in [1.54, 1.807) is 0 Å². The van der Waals surface area contributed by atoms with Gasteiger partial charge in [-0.1, -0.05) is 111 Å². The summed E-state index contributed by atoms with van der Waals surface area (Å²) in [6.07, 6.45) is 22.0. The molecule has 27 heavy (non-hydrogen) atoms. The topological polar surface area (TPSA) is 64.4 Å². The Balaban J connectivity index is 0. The number of nitrogens with two attached hydrogens (primary N) is 1. The third-order valence-electron chi connectivity index (χ3n) is 4.58. The molecule has 0 spiro atoms. The van der Waals surface area contributed by atoms with Crippen LogP contribution in [0, 0.1) is 0 Å². The van der Waals surface area contributed by atoms with Crippen LogP contribution in [-0.4, -0.2) is 19.1 Å². The molecule has 0 fully saturated rings. The Kier molecular flexibility index (Phi) is 29.2. The molecule has 0 saturated carbocycles. The van der Waals surface area contributed by atoms with Gasteiger partial charge in [0.05, 0.1) is 6.61 Å². The highest BCUT2D eigenvalue weighted by Gasteiger charge is 1.96. The standard InChI is InChI=1S/C18H37NO.C5H13NO/c1-2-3-4-5-6-7-8-9-10-11-12-13-14-15-16-17-18(19)20;1-3-5-7-6-4-2/h2-17H2,1H3,(H2,19,20);6H,3-5H2,1-2H3. The van der Waals surface area contributed by atoms with E-state index in [0.717, 1.165) is 26.0 Å². The monoisotopic (exact) mass is 386 g/mol. The Morgan fingerprint density at radius 2 is 1.07 bits per heavy atom. The first kappa shape index (κ1) is 28.6. The second-order valence-corrected chi connectivity index (χ2v) is 7.51. The number of hydrogen-bond donors (Lipinski definition) is 2. The summed E-state index contributed by atoms with van der Waals surface area (Å²) in [5.74, 6) is -0.153. The van der Waals surface area contributed by atoms with Crippen LogP contribution in [0.4, 0.5) is 0 Å². The zero-order valence-corrected chi connectivity index (χ0v) is 18.8. The van der Waals surface area contributed by atoms with Gasteiger partial charge in [-0.25, -0.2) is 5.48 Å². The van der Waals surface area contributed by atoms with E-state index in [1.807, 2.05) is 6.92 Å². The van der Waals surface area contributed by atoms with Crippen LogP contribution in [-0.2, 0) is 9.63 Å². The molecule has 0 aromatic rings. The third-order valence-corrected chi connectivity index (χ3v) is 4.58. The number of hydroxylamine groups is 1. The number of primary amides is 1. The summed E-state index contributed by atoms with van der Waals surface area (Å²) in [5.41, 5.74) is 7.86. The van der Waals surface area contributed by atoms with Gasteiger partial charge < -0.3 is 10.6 Å². The zero-order chi connectivity index (χ0) is 20.4. The van der Waals surface area contributed by atoms with Crippen molar-refractivity contribution in [2.75, 3.05) is 13.2 Å². The average Bonchev–Trinajstić information content (AvgIpc) is 2.65. The maximum Gasteiger partial charge on any atom is 0.217 e. The summed E-state index contributed by atoms with van der Waals surface area (Å²) < 4.78 is 0. The third kappa shape index (κ3) is 33.4. The largest absolute Gasteiger partial charge is 0.370 e. The second kappa shape index (κ2) is 27.6. The highest BCUT2D eigenvalue weighted by Crippen LogP contribution is 2.13. The molecule has 4 heteroatoms. The SMILES string of the molecule is CCCCCCCCCCCCCCCCCC(N)=O.CCCONCC. The van der Waals surface area contributed by atoms with Crippen LogP contribution in [0.25, 0.3) is 0 Å². The van der Waals surface area contributed by atoms with Gasteiger partial charge in [0.1, 0.15) is 0 Å². The molecule has 0 aromatic carbocycles. The lowest BCUT2D eigenvalue weighted by atomic mass is 10.0.